The number of non-ortho nitro benzene ring substituents is 1. The summed E-state index contributed by atoms with van der Waals surface area (Å²) >= 11 is 1.50. The number of hydrogen-bond donors (Lipinski definition) is 1. The number of aromatic nitrogens is 2. The number of H-pyrrole nitrogens is 1. The second kappa shape index (κ2) is 4.29. The van der Waals surface area contributed by atoms with Crippen LogP contribution in [0.5, 0.6) is 0 Å². The predicted molar refractivity (Wildman–Crippen MR) is 72.3 cm³/mol. The summed E-state index contributed by atoms with van der Waals surface area (Å²) in [4.78, 5) is 29.0. The van der Waals surface area contributed by atoms with Gasteiger partial charge in [0.2, 0.25) is 0 Å². The van der Waals surface area contributed by atoms with Crippen LogP contribution in [-0.2, 0) is 0 Å². The van der Waals surface area contributed by atoms with Gasteiger partial charge in [-0.3, -0.25) is 14.9 Å². The lowest BCUT2D eigenvalue weighted by molar-refractivity contribution is -0.384. The van der Waals surface area contributed by atoms with Gasteiger partial charge in [0.1, 0.15) is 5.82 Å². The number of nitro groups is 1. The van der Waals surface area contributed by atoms with Crippen molar-refractivity contribution in [1.82, 2.24) is 9.97 Å². The number of nitrogens with zero attached hydrogens (tertiary/aromatic N) is 2. The lowest BCUT2D eigenvalue weighted by Gasteiger charge is -2.01. The molecule has 7 heteroatoms. The van der Waals surface area contributed by atoms with Crippen LogP contribution in [0, 0.1) is 10.1 Å². The second-order valence-corrected chi connectivity index (χ2v) is 4.67. The van der Waals surface area contributed by atoms with Crippen molar-refractivity contribution >= 4 is 27.9 Å². The maximum Gasteiger partial charge on any atom is 0.270 e. The molecular formula is C12H7N3O3S. The Labute approximate surface area is 110 Å². The van der Waals surface area contributed by atoms with Gasteiger partial charge in [-0.05, 0) is 17.5 Å². The lowest BCUT2D eigenvalue weighted by Crippen LogP contribution is -2.09. The zero-order valence-corrected chi connectivity index (χ0v) is 10.3. The molecule has 6 nitrogen and oxygen atoms in total. The number of rotatable bonds is 2. The molecule has 0 aliphatic heterocycles. The van der Waals surface area contributed by atoms with Gasteiger partial charge in [-0.2, -0.15) is 11.3 Å². The Bertz CT molecular complexity index is 824. The quantitative estimate of drug-likeness (QED) is 0.574. The van der Waals surface area contributed by atoms with E-state index in [0.29, 0.717) is 11.3 Å². The van der Waals surface area contributed by atoms with Gasteiger partial charge in [-0.1, -0.05) is 0 Å². The van der Waals surface area contributed by atoms with E-state index in [1.165, 1.54) is 29.5 Å². The van der Waals surface area contributed by atoms with Crippen molar-refractivity contribution in [3.8, 4) is 11.4 Å². The van der Waals surface area contributed by atoms with Gasteiger partial charge in [0.05, 0.1) is 15.8 Å². The Morgan fingerprint density at radius 1 is 1.32 bits per heavy atom. The van der Waals surface area contributed by atoms with E-state index >= 15 is 0 Å². The van der Waals surface area contributed by atoms with Crippen molar-refractivity contribution in [3.05, 3.63) is 55.5 Å². The summed E-state index contributed by atoms with van der Waals surface area (Å²) in [5.41, 5.74) is 0.760. The Kier molecular flexibility index (Phi) is 2.60. The average Bonchev–Trinajstić information content (AvgIpc) is 2.92. The van der Waals surface area contributed by atoms with E-state index in [9.17, 15) is 14.9 Å². The Hall–Kier alpha value is -2.54. The largest absolute Gasteiger partial charge is 0.306 e. The van der Waals surface area contributed by atoms with E-state index in [-0.39, 0.29) is 16.6 Å². The number of thiophene rings is 1. The van der Waals surface area contributed by atoms with Gasteiger partial charge < -0.3 is 4.98 Å². The Balaban J connectivity index is 2.26. The zero-order chi connectivity index (χ0) is 13.4. The van der Waals surface area contributed by atoms with Crippen LogP contribution in [0.15, 0.2) is 39.8 Å². The summed E-state index contributed by atoms with van der Waals surface area (Å²) in [5.74, 6) is 0.465. The van der Waals surface area contributed by atoms with Crippen molar-refractivity contribution in [2.24, 2.45) is 0 Å². The molecule has 2 aromatic heterocycles. The van der Waals surface area contributed by atoms with E-state index in [1.54, 1.807) is 0 Å². The molecule has 3 rings (SSSR count). The highest BCUT2D eigenvalue weighted by Crippen LogP contribution is 2.21. The molecule has 1 N–H and O–H groups in total. The molecule has 0 saturated heterocycles. The minimum atomic E-state index is -0.536. The molecule has 0 fully saturated rings. The van der Waals surface area contributed by atoms with Crippen molar-refractivity contribution in [2.75, 3.05) is 0 Å². The topological polar surface area (TPSA) is 88.9 Å². The molecule has 3 aromatic rings. The first-order chi connectivity index (χ1) is 9.15. The van der Waals surface area contributed by atoms with E-state index in [0.717, 1.165) is 5.56 Å². The summed E-state index contributed by atoms with van der Waals surface area (Å²) < 4.78 is 0. The van der Waals surface area contributed by atoms with Crippen LogP contribution in [-0.4, -0.2) is 14.9 Å². The summed E-state index contributed by atoms with van der Waals surface area (Å²) in [6.45, 7) is 0. The first-order valence-electron chi connectivity index (χ1n) is 5.36. The van der Waals surface area contributed by atoms with Crippen LogP contribution in [0.3, 0.4) is 0 Å². The van der Waals surface area contributed by atoms with Crippen molar-refractivity contribution in [1.29, 1.82) is 0 Å². The first kappa shape index (κ1) is 11.5. The van der Waals surface area contributed by atoms with Crippen LogP contribution < -0.4 is 5.56 Å². The second-order valence-electron chi connectivity index (χ2n) is 3.89. The highest BCUT2D eigenvalue weighted by Gasteiger charge is 2.11. The zero-order valence-electron chi connectivity index (χ0n) is 9.49. The number of nitrogens with one attached hydrogen (secondary N) is 1. The van der Waals surface area contributed by atoms with Crippen LogP contribution in [0.25, 0.3) is 22.3 Å². The minimum absolute atomic E-state index is 0.122. The molecule has 1 aromatic carbocycles. The van der Waals surface area contributed by atoms with Gasteiger partial charge >= 0.3 is 0 Å². The predicted octanol–water partition coefficient (Wildman–Crippen LogP) is 2.56. The number of aromatic amines is 1. The monoisotopic (exact) mass is 273 g/mol. The summed E-state index contributed by atoms with van der Waals surface area (Å²) in [5, 5.41) is 14.7. The van der Waals surface area contributed by atoms with Crippen molar-refractivity contribution in [3.63, 3.8) is 0 Å². The third-order valence-corrected chi connectivity index (χ3v) is 3.38. The van der Waals surface area contributed by atoms with Crippen LogP contribution in [0.2, 0.25) is 0 Å². The highest BCUT2D eigenvalue weighted by atomic mass is 32.1. The molecule has 0 unspecified atom stereocenters. The van der Waals surface area contributed by atoms with Crippen molar-refractivity contribution in [2.45, 2.75) is 0 Å². The molecule has 0 bridgehead atoms. The van der Waals surface area contributed by atoms with Crippen LogP contribution >= 0.6 is 11.3 Å². The molecule has 0 radical (unpaired) electrons. The molecule has 94 valence electrons. The van der Waals surface area contributed by atoms with Gasteiger partial charge in [0.15, 0.2) is 0 Å². The standard InChI is InChI=1S/C12H7N3O3S/c16-12-9-5-8(15(17)18)1-2-10(9)13-11(14-12)7-3-4-19-6-7/h1-6H,(H,13,14,16). The van der Waals surface area contributed by atoms with Gasteiger partial charge in [0, 0.05) is 23.1 Å². The fraction of sp³-hybridized carbons (Fsp3) is 0. The fourth-order valence-corrected chi connectivity index (χ4v) is 2.42. The summed E-state index contributed by atoms with van der Waals surface area (Å²) in [6.07, 6.45) is 0. The van der Waals surface area contributed by atoms with Crippen molar-refractivity contribution < 1.29 is 4.92 Å². The number of hydrogen-bond acceptors (Lipinski definition) is 5. The Morgan fingerprint density at radius 2 is 2.16 bits per heavy atom. The van der Waals surface area contributed by atoms with Gasteiger partial charge in [-0.25, -0.2) is 4.98 Å². The maximum atomic E-state index is 12.0. The minimum Gasteiger partial charge on any atom is -0.306 e. The molecule has 0 aliphatic rings. The fourth-order valence-electron chi connectivity index (χ4n) is 1.78. The lowest BCUT2D eigenvalue weighted by atomic mass is 10.2. The molecule has 0 spiro atoms. The van der Waals surface area contributed by atoms with Gasteiger partial charge in [-0.15, -0.1) is 0 Å². The molecule has 0 aliphatic carbocycles. The molecule has 0 atom stereocenters. The molecule has 2 heterocycles. The van der Waals surface area contributed by atoms with E-state index in [2.05, 4.69) is 9.97 Å². The number of fused-ring (bicyclic) bond motifs is 1. The molecule has 0 saturated carbocycles. The third kappa shape index (κ3) is 2.00. The highest BCUT2D eigenvalue weighted by molar-refractivity contribution is 7.08. The number of nitro benzene ring substituents is 1. The first-order valence-corrected chi connectivity index (χ1v) is 6.30. The normalized spacial score (nSPS) is 10.7. The summed E-state index contributed by atoms with van der Waals surface area (Å²) in [7, 11) is 0. The van der Waals surface area contributed by atoms with Gasteiger partial charge in [0.25, 0.3) is 11.2 Å². The Morgan fingerprint density at radius 3 is 2.84 bits per heavy atom. The summed E-state index contributed by atoms with van der Waals surface area (Å²) in [6, 6.07) is 5.91. The van der Waals surface area contributed by atoms with Crippen LogP contribution in [0.1, 0.15) is 0 Å². The number of benzene rings is 1. The van der Waals surface area contributed by atoms with E-state index in [4.69, 9.17) is 0 Å². The molecular weight excluding hydrogens is 266 g/mol. The smallest absolute Gasteiger partial charge is 0.270 e. The van der Waals surface area contributed by atoms with E-state index in [1.807, 2.05) is 16.8 Å². The third-order valence-electron chi connectivity index (χ3n) is 2.69. The molecule has 19 heavy (non-hydrogen) atoms. The molecule has 0 amide bonds. The average molecular weight is 273 g/mol. The maximum absolute atomic E-state index is 12.0. The van der Waals surface area contributed by atoms with E-state index < -0.39 is 4.92 Å². The SMILES string of the molecule is O=c1[nH]c(-c2ccsc2)nc2ccc([N+](=O)[O-])cc12. The van der Waals surface area contributed by atoms with Crippen LogP contribution in [0.4, 0.5) is 5.69 Å².